The van der Waals surface area contributed by atoms with Crippen LogP contribution in [-0.2, 0) is 13.6 Å². The Bertz CT molecular complexity index is 427. The van der Waals surface area contributed by atoms with Gasteiger partial charge in [0.05, 0.1) is 6.54 Å². The number of aromatic nitrogens is 1. The van der Waals surface area contributed by atoms with Crippen molar-refractivity contribution in [3.05, 3.63) is 24.0 Å². The van der Waals surface area contributed by atoms with E-state index in [0.717, 1.165) is 25.0 Å². The Morgan fingerprint density at radius 2 is 2.26 bits per heavy atom. The highest BCUT2D eigenvalue weighted by atomic mass is 127. The lowest BCUT2D eigenvalue weighted by molar-refractivity contribution is 0.458. The molecule has 0 bridgehead atoms. The van der Waals surface area contributed by atoms with Crippen molar-refractivity contribution in [2.24, 2.45) is 18.0 Å². The molecular formula is C14H25IN4. The van der Waals surface area contributed by atoms with Gasteiger partial charge in [-0.25, -0.2) is 0 Å². The van der Waals surface area contributed by atoms with Crippen LogP contribution in [0.15, 0.2) is 23.3 Å². The van der Waals surface area contributed by atoms with Crippen molar-refractivity contribution < 1.29 is 0 Å². The lowest BCUT2D eigenvalue weighted by atomic mass is 10.4. The van der Waals surface area contributed by atoms with Crippen LogP contribution < -0.4 is 5.32 Å². The topological polar surface area (TPSA) is 32.6 Å². The van der Waals surface area contributed by atoms with Gasteiger partial charge in [0.2, 0.25) is 0 Å². The van der Waals surface area contributed by atoms with Crippen molar-refractivity contribution in [2.75, 3.05) is 13.6 Å². The van der Waals surface area contributed by atoms with Crippen molar-refractivity contribution in [3.63, 3.8) is 0 Å². The van der Waals surface area contributed by atoms with Crippen molar-refractivity contribution in [1.29, 1.82) is 0 Å². The molecule has 1 saturated carbocycles. The maximum atomic E-state index is 4.57. The van der Waals surface area contributed by atoms with Gasteiger partial charge in [-0.05, 0) is 31.4 Å². The minimum absolute atomic E-state index is 0. The molecule has 2 rings (SSSR count). The van der Waals surface area contributed by atoms with Gasteiger partial charge in [0, 0.05) is 38.6 Å². The number of aliphatic imine (C=N–C) groups is 1. The fourth-order valence-electron chi connectivity index (χ4n) is 2.09. The Labute approximate surface area is 133 Å². The molecule has 1 aromatic rings. The number of hydrogen-bond acceptors (Lipinski definition) is 1. The molecule has 4 nitrogen and oxygen atoms in total. The SMILES string of the molecule is CCN=C(NC1CC1C)N(C)Cc1cccn1C.I. The summed E-state index contributed by atoms with van der Waals surface area (Å²) in [5.74, 6) is 1.81. The first kappa shape index (κ1) is 16.3. The summed E-state index contributed by atoms with van der Waals surface area (Å²) in [6.07, 6.45) is 3.34. The standard InChI is InChI=1S/C14H24N4.HI/c1-5-15-14(16-13-9-11(13)2)18(4)10-12-7-6-8-17(12)3;/h6-8,11,13H,5,9-10H2,1-4H3,(H,15,16);1H. The number of aryl methyl sites for hydroxylation is 1. The van der Waals surface area contributed by atoms with E-state index in [1.54, 1.807) is 0 Å². The predicted molar refractivity (Wildman–Crippen MR) is 91.0 cm³/mol. The number of nitrogens with zero attached hydrogens (tertiary/aromatic N) is 3. The lowest BCUT2D eigenvalue weighted by Gasteiger charge is -2.22. The maximum Gasteiger partial charge on any atom is 0.194 e. The monoisotopic (exact) mass is 376 g/mol. The van der Waals surface area contributed by atoms with Gasteiger partial charge in [-0.15, -0.1) is 24.0 Å². The fraction of sp³-hybridized carbons (Fsp3) is 0.643. The average Bonchev–Trinajstić information content (AvgIpc) is 2.87. The molecule has 0 aliphatic heterocycles. The van der Waals surface area contributed by atoms with Crippen LogP contribution in [0.4, 0.5) is 0 Å². The normalized spacial score (nSPS) is 21.8. The van der Waals surface area contributed by atoms with E-state index in [-0.39, 0.29) is 24.0 Å². The van der Waals surface area contributed by atoms with Crippen LogP contribution in [0.2, 0.25) is 0 Å². The van der Waals surface area contributed by atoms with Gasteiger partial charge >= 0.3 is 0 Å². The van der Waals surface area contributed by atoms with Gasteiger partial charge in [-0.1, -0.05) is 6.92 Å². The minimum Gasteiger partial charge on any atom is -0.353 e. The summed E-state index contributed by atoms with van der Waals surface area (Å²) in [6.45, 7) is 6.06. The third-order valence-electron chi connectivity index (χ3n) is 3.54. The third kappa shape index (κ3) is 4.40. The molecule has 0 radical (unpaired) electrons. The second-order valence-electron chi connectivity index (χ2n) is 5.23. The first-order valence-corrected chi connectivity index (χ1v) is 6.74. The van der Waals surface area contributed by atoms with E-state index >= 15 is 0 Å². The van der Waals surface area contributed by atoms with E-state index in [9.17, 15) is 0 Å². The molecule has 1 fully saturated rings. The number of nitrogens with one attached hydrogen (secondary N) is 1. The average molecular weight is 376 g/mol. The van der Waals surface area contributed by atoms with E-state index in [0.29, 0.717) is 6.04 Å². The molecule has 1 heterocycles. The molecule has 108 valence electrons. The van der Waals surface area contributed by atoms with Crippen LogP contribution in [0.3, 0.4) is 0 Å². The molecule has 0 spiro atoms. The van der Waals surface area contributed by atoms with Crippen molar-refractivity contribution in [2.45, 2.75) is 32.9 Å². The number of halogens is 1. The molecule has 2 atom stereocenters. The Balaban J connectivity index is 0.00000180. The van der Waals surface area contributed by atoms with Crippen LogP contribution in [0.5, 0.6) is 0 Å². The summed E-state index contributed by atoms with van der Waals surface area (Å²) in [6, 6.07) is 4.85. The molecule has 2 unspecified atom stereocenters. The molecule has 0 aromatic carbocycles. The highest BCUT2D eigenvalue weighted by molar-refractivity contribution is 14.0. The molecule has 1 aliphatic carbocycles. The van der Waals surface area contributed by atoms with Crippen LogP contribution in [0, 0.1) is 5.92 Å². The smallest absolute Gasteiger partial charge is 0.194 e. The molecule has 1 aliphatic rings. The van der Waals surface area contributed by atoms with E-state index in [2.05, 4.69) is 66.0 Å². The third-order valence-corrected chi connectivity index (χ3v) is 3.54. The first-order chi connectivity index (χ1) is 8.61. The first-order valence-electron chi connectivity index (χ1n) is 6.74. The Morgan fingerprint density at radius 1 is 1.58 bits per heavy atom. The molecule has 5 heteroatoms. The van der Waals surface area contributed by atoms with Gasteiger partial charge < -0.3 is 14.8 Å². The second-order valence-corrected chi connectivity index (χ2v) is 5.23. The maximum absolute atomic E-state index is 4.57. The zero-order valence-electron chi connectivity index (χ0n) is 12.3. The van der Waals surface area contributed by atoms with Gasteiger partial charge in [0.1, 0.15) is 0 Å². The van der Waals surface area contributed by atoms with E-state index in [1.165, 1.54) is 12.1 Å². The summed E-state index contributed by atoms with van der Waals surface area (Å²) in [7, 11) is 4.18. The van der Waals surface area contributed by atoms with Crippen molar-refractivity contribution >= 4 is 29.9 Å². The van der Waals surface area contributed by atoms with Gasteiger partial charge in [-0.3, -0.25) is 4.99 Å². The van der Waals surface area contributed by atoms with Crippen LogP contribution in [-0.4, -0.2) is 35.1 Å². The Kier molecular flexibility index (Phi) is 6.16. The summed E-state index contributed by atoms with van der Waals surface area (Å²) < 4.78 is 2.15. The quantitative estimate of drug-likeness (QED) is 0.498. The van der Waals surface area contributed by atoms with Crippen LogP contribution in [0.25, 0.3) is 0 Å². The van der Waals surface area contributed by atoms with Crippen molar-refractivity contribution in [1.82, 2.24) is 14.8 Å². The van der Waals surface area contributed by atoms with Crippen molar-refractivity contribution in [3.8, 4) is 0 Å². The molecule has 19 heavy (non-hydrogen) atoms. The predicted octanol–water partition coefficient (Wildman–Crippen LogP) is 2.45. The number of hydrogen-bond donors (Lipinski definition) is 1. The van der Waals surface area contributed by atoms with Gasteiger partial charge in [0.15, 0.2) is 5.96 Å². The molecule has 1 aromatic heterocycles. The van der Waals surface area contributed by atoms with Gasteiger partial charge in [-0.2, -0.15) is 0 Å². The van der Waals surface area contributed by atoms with Gasteiger partial charge in [0.25, 0.3) is 0 Å². The highest BCUT2D eigenvalue weighted by Crippen LogP contribution is 2.29. The Morgan fingerprint density at radius 3 is 2.74 bits per heavy atom. The molecule has 0 saturated heterocycles. The summed E-state index contributed by atoms with van der Waals surface area (Å²) >= 11 is 0. The largest absolute Gasteiger partial charge is 0.353 e. The zero-order chi connectivity index (χ0) is 13.1. The van der Waals surface area contributed by atoms with E-state index in [4.69, 9.17) is 0 Å². The van der Waals surface area contributed by atoms with Crippen LogP contribution in [0.1, 0.15) is 26.0 Å². The summed E-state index contributed by atoms with van der Waals surface area (Å²) in [4.78, 5) is 6.77. The molecular weight excluding hydrogens is 351 g/mol. The second kappa shape index (κ2) is 7.17. The molecule has 0 amide bonds. The summed E-state index contributed by atoms with van der Waals surface area (Å²) in [5.41, 5.74) is 1.30. The van der Waals surface area contributed by atoms with E-state index < -0.39 is 0 Å². The van der Waals surface area contributed by atoms with Crippen LogP contribution >= 0.6 is 24.0 Å². The van der Waals surface area contributed by atoms with E-state index in [1.807, 2.05) is 0 Å². The summed E-state index contributed by atoms with van der Waals surface area (Å²) in [5, 5.41) is 3.54. The molecule has 1 N–H and O–H groups in total. The number of guanidine groups is 1. The highest BCUT2D eigenvalue weighted by Gasteiger charge is 2.33. The zero-order valence-corrected chi connectivity index (χ0v) is 14.6. The number of rotatable bonds is 4. The minimum atomic E-state index is 0. The fourth-order valence-corrected chi connectivity index (χ4v) is 2.09. The lowest BCUT2D eigenvalue weighted by Crippen LogP contribution is -2.40. The Hall–Kier alpha value is -0.720.